The van der Waals surface area contributed by atoms with Crippen LogP contribution in [0.4, 0.5) is 0 Å². The number of hydrogen-bond donors (Lipinski definition) is 1. The van der Waals surface area contributed by atoms with Crippen molar-refractivity contribution in [1.29, 1.82) is 0 Å². The summed E-state index contributed by atoms with van der Waals surface area (Å²) in [6.07, 6.45) is 13.1. The Balaban J connectivity index is 3.18. The van der Waals surface area contributed by atoms with E-state index in [1.807, 2.05) is 6.92 Å². The van der Waals surface area contributed by atoms with Crippen LogP contribution in [0.15, 0.2) is 0 Å². The normalized spacial score (nSPS) is 12.4. The maximum atomic E-state index is 9.35. The molecule has 0 saturated heterocycles. The lowest BCUT2D eigenvalue weighted by atomic mass is 10.1. The second-order valence-corrected chi connectivity index (χ2v) is 5.78. The van der Waals surface area contributed by atoms with E-state index in [-0.39, 0.29) is 6.10 Å². The molecule has 0 amide bonds. The summed E-state index contributed by atoms with van der Waals surface area (Å²) in [7, 11) is 0. The molecule has 0 aromatic heterocycles. The molecule has 1 atom stereocenters. The fourth-order valence-corrected chi connectivity index (χ4v) is 2.17. The van der Waals surface area contributed by atoms with E-state index in [2.05, 4.69) is 6.92 Å². The quantitative estimate of drug-likeness (QED) is 0.381. The van der Waals surface area contributed by atoms with Crippen LogP contribution in [0, 0.1) is 0 Å². The molecule has 114 valence electrons. The van der Waals surface area contributed by atoms with Crippen LogP contribution >= 0.6 is 12.2 Å². The van der Waals surface area contributed by atoms with Gasteiger partial charge in [-0.25, -0.2) is 0 Å². The maximum absolute atomic E-state index is 9.35. The number of ether oxygens (including phenoxy) is 1. The summed E-state index contributed by atoms with van der Waals surface area (Å²) in [6, 6.07) is 0. The zero-order chi connectivity index (χ0) is 14.3. The van der Waals surface area contributed by atoms with Gasteiger partial charge < -0.3 is 9.84 Å². The van der Waals surface area contributed by atoms with Crippen molar-refractivity contribution in [3.63, 3.8) is 0 Å². The van der Waals surface area contributed by atoms with E-state index in [0.717, 1.165) is 19.3 Å². The van der Waals surface area contributed by atoms with Crippen molar-refractivity contribution in [2.45, 2.75) is 90.6 Å². The smallest absolute Gasteiger partial charge is 0.159 e. The summed E-state index contributed by atoms with van der Waals surface area (Å²) in [4.78, 5) is 0. The first-order valence-corrected chi connectivity index (χ1v) is 8.45. The number of aliphatic hydroxyl groups is 1. The summed E-state index contributed by atoms with van der Waals surface area (Å²) in [6.45, 7) is 4.55. The standard InChI is InChI=1S/C16H32O2S/c1-3-5-6-7-8-9-10-11-12-13-16(19)18-14-15(17)4-2/h15,17H,3-14H2,1-2H3/t15-/m1/s1. The molecule has 0 aliphatic rings. The van der Waals surface area contributed by atoms with Crippen molar-refractivity contribution < 1.29 is 9.84 Å². The molecule has 0 bridgehead atoms. The highest BCUT2D eigenvalue weighted by atomic mass is 32.1. The minimum atomic E-state index is -0.374. The van der Waals surface area contributed by atoms with Crippen molar-refractivity contribution in [2.24, 2.45) is 0 Å². The summed E-state index contributed by atoms with van der Waals surface area (Å²) in [5.74, 6) is 0. The van der Waals surface area contributed by atoms with Crippen molar-refractivity contribution in [2.75, 3.05) is 6.61 Å². The first kappa shape index (κ1) is 18.9. The van der Waals surface area contributed by atoms with Gasteiger partial charge in [0.25, 0.3) is 0 Å². The van der Waals surface area contributed by atoms with Crippen LogP contribution in [0.5, 0.6) is 0 Å². The Morgan fingerprint density at radius 1 is 0.947 bits per heavy atom. The first-order valence-electron chi connectivity index (χ1n) is 8.04. The van der Waals surface area contributed by atoms with Crippen LogP contribution < -0.4 is 0 Å². The van der Waals surface area contributed by atoms with E-state index in [0.29, 0.717) is 11.7 Å². The summed E-state index contributed by atoms with van der Waals surface area (Å²) in [5.41, 5.74) is 0. The molecule has 3 heteroatoms. The fourth-order valence-electron chi connectivity index (χ4n) is 1.96. The first-order chi connectivity index (χ1) is 9.20. The van der Waals surface area contributed by atoms with Gasteiger partial charge in [-0.15, -0.1) is 0 Å². The third-order valence-corrected chi connectivity index (χ3v) is 3.71. The Morgan fingerprint density at radius 2 is 1.47 bits per heavy atom. The Labute approximate surface area is 124 Å². The van der Waals surface area contributed by atoms with Crippen LogP contribution in [-0.4, -0.2) is 22.9 Å². The van der Waals surface area contributed by atoms with Crippen molar-refractivity contribution in [1.82, 2.24) is 0 Å². The van der Waals surface area contributed by atoms with E-state index in [1.165, 1.54) is 51.4 Å². The number of unbranched alkanes of at least 4 members (excludes halogenated alkanes) is 8. The van der Waals surface area contributed by atoms with E-state index >= 15 is 0 Å². The lowest BCUT2D eigenvalue weighted by Gasteiger charge is -2.10. The highest BCUT2D eigenvalue weighted by Gasteiger charge is 2.03. The van der Waals surface area contributed by atoms with Gasteiger partial charge in [0.2, 0.25) is 0 Å². The van der Waals surface area contributed by atoms with Crippen LogP contribution in [0.2, 0.25) is 0 Å². The Bertz CT molecular complexity index is 207. The van der Waals surface area contributed by atoms with Crippen molar-refractivity contribution in [3.8, 4) is 0 Å². The van der Waals surface area contributed by atoms with Gasteiger partial charge in [0.15, 0.2) is 5.05 Å². The number of hydrogen-bond acceptors (Lipinski definition) is 3. The summed E-state index contributed by atoms with van der Waals surface area (Å²) in [5, 5.41) is 10.0. The Morgan fingerprint density at radius 3 is 2.00 bits per heavy atom. The highest BCUT2D eigenvalue weighted by molar-refractivity contribution is 7.80. The molecule has 19 heavy (non-hydrogen) atoms. The van der Waals surface area contributed by atoms with E-state index < -0.39 is 0 Å². The number of thiocarbonyl (C=S) groups is 1. The third-order valence-electron chi connectivity index (χ3n) is 3.39. The highest BCUT2D eigenvalue weighted by Crippen LogP contribution is 2.11. The third kappa shape index (κ3) is 14.1. The number of aliphatic hydroxyl groups excluding tert-OH is 1. The zero-order valence-corrected chi connectivity index (χ0v) is 13.6. The predicted molar refractivity (Wildman–Crippen MR) is 86.7 cm³/mol. The summed E-state index contributed by atoms with van der Waals surface area (Å²) >= 11 is 5.14. The van der Waals surface area contributed by atoms with Gasteiger partial charge in [-0.2, -0.15) is 0 Å². The molecule has 1 N–H and O–H groups in total. The molecule has 0 radical (unpaired) electrons. The van der Waals surface area contributed by atoms with Crippen LogP contribution in [0.3, 0.4) is 0 Å². The molecule has 0 saturated carbocycles. The van der Waals surface area contributed by atoms with E-state index in [9.17, 15) is 5.11 Å². The second kappa shape index (κ2) is 14.3. The molecule has 0 aliphatic heterocycles. The van der Waals surface area contributed by atoms with Gasteiger partial charge in [-0.3, -0.25) is 0 Å². The second-order valence-electron chi connectivity index (χ2n) is 5.32. The molecular weight excluding hydrogens is 256 g/mol. The Hall–Kier alpha value is -0.150. The average Bonchev–Trinajstić information content (AvgIpc) is 2.42. The predicted octanol–water partition coefficient (Wildman–Crippen LogP) is 5.02. The lowest BCUT2D eigenvalue weighted by Crippen LogP contribution is -2.16. The van der Waals surface area contributed by atoms with Gasteiger partial charge in [0.05, 0.1) is 6.10 Å². The molecule has 0 heterocycles. The minimum absolute atomic E-state index is 0.354. The monoisotopic (exact) mass is 288 g/mol. The average molecular weight is 288 g/mol. The molecule has 2 nitrogen and oxygen atoms in total. The molecule has 0 fully saturated rings. The fraction of sp³-hybridized carbons (Fsp3) is 0.938. The Kier molecular flexibility index (Phi) is 14.2. The van der Waals surface area contributed by atoms with Crippen molar-refractivity contribution in [3.05, 3.63) is 0 Å². The maximum Gasteiger partial charge on any atom is 0.159 e. The van der Waals surface area contributed by atoms with E-state index in [1.54, 1.807) is 0 Å². The van der Waals surface area contributed by atoms with Gasteiger partial charge in [0, 0.05) is 6.42 Å². The van der Waals surface area contributed by atoms with Gasteiger partial charge in [-0.1, -0.05) is 65.2 Å². The molecule has 0 aromatic carbocycles. The molecule has 0 aromatic rings. The van der Waals surface area contributed by atoms with Gasteiger partial charge in [-0.05, 0) is 25.1 Å². The lowest BCUT2D eigenvalue weighted by molar-refractivity contribution is 0.0988. The SMILES string of the molecule is CCCCCCCCCCCC(=S)OC[C@H](O)CC. The summed E-state index contributed by atoms with van der Waals surface area (Å²) < 4.78 is 5.35. The molecule has 0 rings (SSSR count). The van der Waals surface area contributed by atoms with E-state index in [4.69, 9.17) is 17.0 Å². The minimum Gasteiger partial charge on any atom is -0.484 e. The molecular formula is C16H32O2S. The molecule has 0 spiro atoms. The molecule has 0 unspecified atom stereocenters. The largest absolute Gasteiger partial charge is 0.484 e. The topological polar surface area (TPSA) is 29.5 Å². The van der Waals surface area contributed by atoms with Gasteiger partial charge in [0.1, 0.15) is 6.61 Å². The number of rotatable bonds is 13. The van der Waals surface area contributed by atoms with Crippen molar-refractivity contribution >= 4 is 17.3 Å². The van der Waals surface area contributed by atoms with Crippen LogP contribution in [0.1, 0.15) is 84.5 Å². The molecule has 0 aliphatic carbocycles. The van der Waals surface area contributed by atoms with Gasteiger partial charge >= 0.3 is 0 Å². The zero-order valence-electron chi connectivity index (χ0n) is 12.8. The van der Waals surface area contributed by atoms with Crippen LogP contribution in [0.25, 0.3) is 0 Å². The van der Waals surface area contributed by atoms with Crippen LogP contribution in [-0.2, 0) is 4.74 Å².